The van der Waals surface area contributed by atoms with E-state index in [-0.39, 0.29) is 41.1 Å². The van der Waals surface area contributed by atoms with Crippen molar-refractivity contribution in [3.63, 3.8) is 0 Å². The molecule has 2 aromatic carbocycles. The molecule has 35 heavy (non-hydrogen) atoms. The Morgan fingerprint density at radius 3 is 2.60 bits per heavy atom. The van der Waals surface area contributed by atoms with E-state index in [1.54, 1.807) is 28.8 Å². The van der Waals surface area contributed by atoms with Crippen molar-refractivity contribution in [2.24, 2.45) is 5.92 Å². The normalized spacial score (nSPS) is 15.2. The first kappa shape index (κ1) is 25.0. The number of halogens is 2. The molecule has 0 unspecified atom stereocenters. The van der Waals surface area contributed by atoms with Crippen molar-refractivity contribution in [2.75, 3.05) is 13.7 Å². The van der Waals surface area contributed by atoms with Crippen LogP contribution in [0, 0.1) is 11.7 Å². The zero-order valence-corrected chi connectivity index (χ0v) is 20.1. The summed E-state index contributed by atoms with van der Waals surface area (Å²) in [6.45, 7) is -0.188. The van der Waals surface area contributed by atoms with Crippen LogP contribution in [-0.4, -0.2) is 34.7 Å². The zero-order valence-electron chi connectivity index (χ0n) is 19.3. The fourth-order valence-electron chi connectivity index (χ4n) is 5.04. The first-order valence-electron chi connectivity index (χ1n) is 11.5. The summed E-state index contributed by atoms with van der Waals surface area (Å²) in [5.41, 5.74) is 0.707. The van der Waals surface area contributed by atoms with Gasteiger partial charge in [0.2, 0.25) is 5.43 Å². The molecule has 0 radical (unpaired) electrons. The minimum atomic E-state index is -1.61. The van der Waals surface area contributed by atoms with Crippen LogP contribution in [-0.2, 0) is 6.42 Å². The maximum absolute atomic E-state index is 14.6. The number of benzene rings is 2. The van der Waals surface area contributed by atoms with Gasteiger partial charge in [0.1, 0.15) is 11.6 Å². The van der Waals surface area contributed by atoms with E-state index in [1.807, 2.05) is 0 Å². The predicted molar refractivity (Wildman–Crippen MR) is 130 cm³/mol. The Hall–Kier alpha value is -3.10. The molecule has 1 saturated carbocycles. The molecule has 9 heteroatoms. The van der Waals surface area contributed by atoms with Crippen molar-refractivity contribution in [3.8, 4) is 11.5 Å². The van der Waals surface area contributed by atoms with Gasteiger partial charge in [-0.3, -0.25) is 4.79 Å². The van der Waals surface area contributed by atoms with Crippen LogP contribution in [0.1, 0.15) is 49.3 Å². The molecule has 1 heterocycles. The van der Waals surface area contributed by atoms with E-state index in [9.17, 15) is 24.2 Å². The molecule has 4 rings (SSSR count). The van der Waals surface area contributed by atoms with Gasteiger partial charge < -0.3 is 24.3 Å². The molecule has 0 amide bonds. The Bertz CT molecular complexity index is 1300. The summed E-state index contributed by atoms with van der Waals surface area (Å²) in [6.07, 6.45) is 4.87. The molecule has 0 aliphatic heterocycles. The average Bonchev–Trinajstić information content (AvgIpc) is 2.85. The molecular weight excluding hydrogens is 477 g/mol. The van der Waals surface area contributed by atoms with Crippen molar-refractivity contribution in [3.05, 3.63) is 68.7 Å². The molecule has 1 aromatic heterocycles. The minimum Gasteiger partial charge on any atom is -0.496 e. The number of aliphatic hydroxyl groups is 1. The van der Waals surface area contributed by atoms with Crippen molar-refractivity contribution < 1.29 is 28.9 Å². The van der Waals surface area contributed by atoms with E-state index < -0.39 is 17.4 Å². The van der Waals surface area contributed by atoms with Gasteiger partial charge in [0.05, 0.1) is 41.9 Å². The van der Waals surface area contributed by atoms with Crippen LogP contribution in [0.4, 0.5) is 9.18 Å². The highest BCUT2D eigenvalue weighted by atomic mass is 35.5. The number of rotatable bonds is 7. The number of pyridine rings is 1. The lowest BCUT2D eigenvalue weighted by Crippen LogP contribution is -2.27. The Morgan fingerprint density at radius 1 is 1.20 bits per heavy atom. The second-order valence-electron chi connectivity index (χ2n) is 8.82. The molecule has 0 bridgehead atoms. The van der Waals surface area contributed by atoms with Crippen LogP contribution < -0.4 is 14.9 Å². The van der Waals surface area contributed by atoms with Crippen molar-refractivity contribution in [2.45, 2.75) is 44.6 Å². The summed E-state index contributed by atoms with van der Waals surface area (Å²) < 4.78 is 26.7. The van der Waals surface area contributed by atoms with Crippen LogP contribution in [0.25, 0.3) is 10.9 Å². The van der Waals surface area contributed by atoms with Gasteiger partial charge >= 0.3 is 6.16 Å². The lowest BCUT2D eigenvalue weighted by atomic mass is 9.83. The fraction of sp³-hybridized carbons (Fsp3) is 0.385. The number of hydrogen-bond acceptors (Lipinski definition) is 5. The van der Waals surface area contributed by atoms with E-state index in [4.69, 9.17) is 21.1 Å². The molecule has 1 fully saturated rings. The third-order valence-corrected chi connectivity index (χ3v) is 7.04. The highest BCUT2D eigenvalue weighted by Gasteiger charge is 2.27. The lowest BCUT2D eigenvalue weighted by Gasteiger charge is -2.32. The van der Waals surface area contributed by atoms with Crippen molar-refractivity contribution in [1.82, 2.24) is 4.57 Å². The quantitative estimate of drug-likeness (QED) is 0.409. The van der Waals surface area contributed by atoms with Crippen LogP contribution in [0.5, 0.6) is 11.5 Å². The smallest absolute Gasteiger partial charge is 0.496 e. The highest BCUT2D eigenvalue weighted by molar-refractivity contribution is 6.30. The second-order valence-corrected chi connectivity index (χ2v) is 9.22. The first-order chi connectivity index (χ1) is 16.8. The lowest BCUT2D eigenvalue weighted by molar-refractivity contribution is 0.141. The van der Waals surface area contributed by atoms with Crippen LogP contribution >= 0.6 is 11.6 Å². The molecule has 1 aliphatic carbocycles. The van der Waals surface area contributed by atoms with Gasteiger partial charge in [0.15, 0.2) is 5.75 Å². The second kappa shape index (κ2) is 10.7. The number of carboxylic acid groups (broad SMARTS) is 1. The molecule has 0 saturated heterocycles. The van der Waals surface area contributed by atoms with E-state index in [0.29, 0.717) is 22.4 Å². The third kappa shape index (κ3) is 5.13. The van der Waals surface area contributed by atoms with E-state index >= 15 is 0 Å². The van der Waals surface area contributed by atoms with Crippen LogP contribution in [0.3, 0.4) is 0 Å². The fourth-order valence-corrected chi connectivity index (χ4v) is 5.23. The molecule has 1 atom stereocenters. The zero-order chi connectivity index (χ0) is 25.1. The number of methoxy groups -OCH3 is 1. The highest BCUT2D eigenvalue weighted by Crippen LogP contribution is 2.36. The Balaban J connectivity index is 1.92. The van der Waals surface area contributed by atoms with Gasteiger partial charge in [-0.15, -0.1) is 0 Å². The van der Waals surface area contributed by atoms with E-state index in [2.05, 4.69) is 0 Å². The Labute approximate surface area is 206 Å². The summed E-state index contributed by atoms with van der Waals surface area (Å²) in [5.74, 6) is -0.334. The third-order valence-electron chi connectivity index (χ3n) is 6.75. The minimum absolute atomic E-state index is 0.0139. The first-order valence-corrected chi connectivity index (χ1v) is 11.9. The molecule has 7 nitrogen and oxygen atoms in total. The molecule has 0 spiro atoms. The van der Waals surface area contributed by atoms with Gasteiger partial charge in [0, 0.05) is 12.5 Å². The number of fused-ring (bicyclic) bond motifs is 1. The largest absolute Gasteiger partial charge is 0.511 e. The summed E-state index contributed by atoms with van der Waals surface area (Å²) >= 11 is 5.93. The maximum Gasteiger partial charge on any atom is 0.511 e. The number of aromatic nitrogens is 1. The van der Waals surface area contributed by atoms with Crippen molar-refractivity contribution in [1.29, 1.82) is 0 Å². The maximum atomic E-state index is 14.6. The molecular formula is C26H27ClFNO6. The summed E-state index contributed by atoms with van der Waals surface area (Å²) in [7, 11) is 1.48. The Morgan fingerprint density at radius 2 is 1.94 bits per heavy atom. The van der Waals surface area contributed by atoms with Gasteiger partial charge in [-0.25, -0.2) is 9.18 Å². The molecule has 3 aromatic rings. The monoisotopic (exact) mass is 503 g/mol. The summed E-state index contributed by atoms with van der Waals surface area (Å²) in [4.78, 5) is 24.5. The molecule has 186 valence electrons. The average molecular weight is 504 g/mol. The van der Waals surface area contributed by atoms with Gasteiger partial charge in [-0.1, -0.05) is 43.0 Å². The number of carbonyl (C=O) groups is 1. The summed E-state index contributed by atoms with van der Waals surface area (Å²) in [6, 6.07) is 7.54. The number of ether oxygens (including phenoxy) is 2. The van der Waals surface area contributed by atoms with Gasteiger partial charge in [0.25, 0.3) is 0 Å². The Kier molecular flexibility index (Phi) is 7.62. The number of nitrogens with zero attached hydrogens (tertiary/aromatic N) is 1. The summed E-state index contributed by atoms with van der Waals surface area (Å²) in [5, 5.41) is 19.7. The van der Waals surface area contributed by atoms with E-state index in [0.717, 1.165) is 32.1 Å². The molecule has 1 aliphatic rings. The number of hydrogen-bond donors (Lipinski definition) is 2. The van der Waals surface area contributed by atoms with Crippen LogP contribution in [0.15, 0.2) is 41.3 Å². The van der Waals surface area contributed by atoms with Crippen molar-refractivity contribution >= 4 is 28.7 Å². The van der Waals surface area contributed by atoms with Crippen LogP contribution in [0.2, 0.25) is 5.02 Å². The SMILES string of the molecule is COc1cc2c(cc1Cc1cccc(Cl)c1F)c(=O)c(OC(=O)O)cn2[C@H](CO)C1CCCCC1. The standard InChI is InChI=1S/C26H27ClFNO6/c1-34-22-12-20-18(11-17(22)10-16-8-5-9-19(27)24(16)28)25(31)23(35-26(32)33)13-29(20)21(14-30)15-6-3-2-4-7-15/h5,8-9,11-13,15,21,30H,2-4,6-7,10,14H2,1H3,(H,32,33)/t21-/m1/s1. The topological polar surface area (TPSA) is 98.0 Å². The van der Waals surface area contributed by atoms with Gasteiger partial charge in [-0.2, -0.15) is 0 Å². The number of aliphatic hydroxyl groups excluding tert-OH is 1. The molecule has 2 N–H and O–H groups in total. The predicted octanol–water partition coefficient (Wildman–Crippen LogP) is 5.56. The van der Waals surface area contributed by atoms with E-state index in [1.165, 1.54) is 19.4 Å². The van der Waals surface area contributed by atoms with Gasteiger partial charge in [-0.05, 0) is 42.0 Å².